The summed E-state index contributed by atoms with van der Waals surface area (Å²) < 4.78 is 34.4. The van der Waals surface area contributed by atoms with Gasteiger partial charge in [-0.25, -0.2) is 23.8 Å². The maximum Gasteiger partial charge on any atom is 0.247 e. The maximum atomic E-state index is 14.6. The highest BCUT2D eigenvalue weighted by Crippen LogP contribution is 2.41. The van der Waals surface area contributed by atoms with Crippen molar-refractivity contribution in [1.29, 1.82) is 0 Å². The minimum absolute atomic E-state index is 0.193. The van der Waals surface area contributed by atoms with Gasteiger partial charge in [0.05, 0.1) is 36.8 Å². The number of carbonyl (C=O) groups is 1. The van der Waals surface area contributed by atoms with E-state index in [1.54, 1.807) is 13.2 Å². The Morgan fingerprint density at radius 1 is 1.02 bits per heavy atom. The molecule has 244 valence electrons. The van der Waals surface area contributed by atoms with E-state index < -0.39 is 17.7 Å². The van der Waals surface area contributed by atoms with Crippen LogP contribution in [0.1, 0.15) is 30.9 Å². The van der Waals surface area contributed by atoms with E-state index >= 15 is 0 Å². The van der Waals surface area contributed by atoms with Gasteiger partial charge in [0.25, 0.3) is 0 Å². The van der Waals surface area contributed by atoms with Crippen molar-refractivity contribution in [3.63, 3.8) is 0 Å². The van der Waals surface area contributed by atoms with Gasteiger partial charge in [0.2, 0.25) is 5.91 Å². The van der Waals surface area contributed by atoms with Crippen molar-refractivity contribution in [1.82, 2.24) is 19.8 Å². The number of piperazine rings is 1. The van der Waals surface area contributed by atoms with Crippen molar-refractivity contribution < 1.29 is 23.1 Å². The molecule has 0 saturated carbocycles. The zero-order valence-corrected chi connectivity index (χ0v) is 26.2. The zero-order chi connectivity index (χ0) is 32.2. The van der Waals surface area contributed by atoms with Crippen LogP contribution in [-0.4, -0.2) is 91.7 Å². The summed E-state index contributed by atoms with van der Waals surface area (Å²) in [6.07, 6.45) is 5.13. The third-order valence-corrected chi connectivity index (χ3v) is 8.98. The molecule has 1 amide bonds. The molecule has 3 aliphatic heterocycles. The van der Waals surface area contributed by atoms with Gasteiger partial charge in [0.1, 0.15) is 29.5 Å². The Bertz CT molecular complexity index is 1560. The molecule has 0 aliphatic carbocycles. The summed E-state index contributed by atoms with van der Waals surface area (Å²) in [5, 5.41) is 7.72. The summed E-state index contributed by atoms with van der Waals surface area (Å²) in [5.41, 5.74) is 2.24. The Morgan fingerprint density at radius 2 is 1.80 bits per heavy atom. The van der Waals surface area contributed by atoms with Crippen molar-refractivity contribution in [3.05, 3.63) is 72.6 Å². The third-order valence-electron chi connectivity index (χ3n) is 8.98. The fourth-order valence-electron chi connectivity index (χ4n) is 6.46. The molecule has 0 bridgehead atoms. The SMILES string of the molecule is C=CC(=O)Nc1cc(Nc2cc(N3OCCC3c3cc(F)ccc3F)ncn2)c(OC)cc1N1CCC(N2CCN(C)CC2)CC1. The first kappa shape index (κ1) is 31.6. The van der Waals surface area contributed by atoms with E-state index in [0.717, 1.165) is 69.9 Å². The van der Waals surface area contributed by atoms with Crippen molar-refractivity contribution in [2.24, 2.45) is 0 Å². The van der Waals surface area contributed by atoms with Crippen LogP contribution in [0.2, 0.25) is 0 Å². The quantitative estimate of drug-likeness (QED) is 0.322. The molecule has 0 radical (unpaired) electrons. The molecule has 1 aromatic heterocycles. The zero-order valence-electron chi connectivity index (χ0n) is 26.2. The molecule has 2 N–H and O–H groups in total. The second kappa shape index (κ2) is 14.0. The highest BCUT2D eigenvalue weighted by atomic mass is 19.1. The predicted octanol–water partition coefficient (Wildman–Crippen LogP) is 4.73. The van der Waals surface area contributed by atoms with E-state index in [1.165, 1.54) is 23.5 Å². The molecule has 2 aromatic carbocycles. The summed E-state index contributed by atoms with van der Waals surface area (Å²) in [7, 11) is 3.76. The number of methoxy groups -OCH3 is 1. The van der Waals surface area contributed by atoms with E-state index in [2.05, 4.69) is 48.9 Å². The number of hydrogen-bond acceptors (Lipinski definition) is 10. The van der Waals surface area contributed by atoms with Crippen LogP contribution in [0.5, 0.6) is 5.75 Å². The first-order valence-electron chi connectivity index (χ1n) is 15.6. The number of hydroxylamine groups is 1. The van der Waals surface area contributed by atoms with Crippen LogP contribution in [0.4, 0.5) is 37.5 Å². The number of nitrogens with zero attached hydrogens (tertiary/aromatic N) is 6. The minimum atomic E-state index is -0.562. The van der Waals surface area contributed by atoms with E-state index in [1.807, 2.05) is 12.1 Å². The second-order valence-corrected chi connectivity index (χ2v) is 11.8. The number of piperidine rings is 1. The Labute approximate surface area is 267 Å². The highest BCUT2D eigenvalue weighted by Gasteiger charge is 2.32. The molecule has 6 rings (SSSR count). The number of likely N-dealkylation sites (N-methyl/N-ethyl adjacent to an activating group) is 1. The van der Waals surface area contributed by atoms with Gasteiger partial charge in [0, 0.05) is 69.4 Å². The number of carbonyl (C=O) groups excluding carboxylic acids is 1. The smallest absolute Gasteiger partial charge is 0.247 e. The number of rotatable bonds is 9. The standard InChI is InChI=1S/C33H40F2N8O3/c1-4-33(44)39-26-18-27(30(45-3)19-29(26)42-10-7-23(8-11-42)41-14-12-40(2)13-15-41)38-31-20-32(37-21-36-31)43-28(9-16-46-43)24-17-22(34)5-6-25(24)35/h4-6,17-21,23,28H,1,7-16H2,2-3H3,(H,39,44)(H,36,37,38). The molecule has 11 nitrogen and oxygen atoms in total. The van der Waals surface area contributed by atoms with Crippen molar-refractivity contribution >= 4 is 34.6 Å². The molecule has 13 heteroatoms. The number of amides is 1. The molecular formula is C33H40F2N8O3. The largest absolute Gasteiger partial charge is 0.494 e. The van der Waals surface area contributed by atoms with Crippen LogP contribution in [-0.2, 0) is 9.63 Å². The summed E-state index contributed by atoms with van der Waals surface area (Å²) in [5.74, 6) is -0.0121. The van der Waals surface area contributed by atoms with E-state index in [0.29, 0.717) is 47.8 Å². The Kier molecular flexibility index (Phi) is 9.61. The average molecular weight is 635 g/mol. The third kappa shape index (κ3) is 6.91. The molecule has 1 atom stereocenters. The lowest BCUT2D eigenvalue weighted by Gasteiger charge is -2.43. The fraction of sp³-hybridized carbons (Fsp3) is 0.424. The van der Waals surface area contributed by atoms with Crippen molar-refractivity contribution in [2.75, 3.05) is 80.6 Å². The number of hydrogen-bond donors (Lipinski definition) is 2. The van der Waals surface area contributed by atoms with Gasteiger partial charge in [-0.05, 0) is 50.2 Å². The summed E-state index contributed by atoms with van der Waals surface area (Å²) in [6, 6.07) is 8.77. The van der Waals surface area contributed by atoms with Crippen LogP contribution < -0.4 is 25.3 Å². The molecule has 0 spiro atoms. The summed E-state index contributed by atoms with van der Waals surface area (Å²) in [4.78, 5) is 34.3. The van der Waals surface area contributed by atoms with E-state index in [4.69, 9.17) is 9.57 Å². The number of aromatic nitrogens is 2. The normalized spacial score (nSPS) is 19.7. The van der Waals surface area contributed by atoms with Gasteiger partial charge in [0.15, 0.2) is 5.82 Å². The van der Waals surface area contributed by atoms with Crippen LogP contribution in [0.25, 0.3) is 0 Å². The summed E-state index contributed by atoms with van der Waals surface area (Å²) >= 11 is 0. The minimum Gasteiger partial charge on any atom is -0.494 e. The van der Waals surface area contributed by atoms with Crippen LogP contribution in [0.15, 0.2) is 55.4 Å². The lowest BCUT2D eigenvalue weighted by atomic mass is 10.0. The molecule has 3 aliphatic rings. The molecule has 3 saturated heterocycles. The highest BCUT2D eigenvalue weighted by molar-refractivity contribution is 6.02. The second-order valence-electron chi connectivity index (χ2n) is 11.8. The van der Waals surface area contributed by atoms with Gasteiger partial charge in [-0.1, -0.05) is 6.58 Å². The molecule has 1 unspecified atom stereocenters. The lowest BCUT2D eigenvalue weighted by molar-refractivity contribution is -0.111. The van der Waals surface area contributed by atoms with Crippen molar-refractivity contribution in [2.45, 2.75) is 31.3 Å². The van der Waals surface area contributed by atoms with Crippen LogP contribution in [0, 0.1) is 11.6 Å². The average Bonchev–Trinajstić information content (AvgIpc) is 3.56. The van der Waals surface area contributed by atoms with Crippen molar-refractivity contribution in [3.8, 4) is 5.75 Å². The number of anilines is 5. The number of ether oxygens (including phenoxy) is 1. The Balaban J connectivity index is 1.23. The van der Waals surface area contributed by atoms with Crippen LogP contribution in [0.3, 0.4) is 0 Å². The predicted molar refractivity (Wildman–Crippen MR) is 174 cm³/mol. The van der Waals surface area contributed by atoms with Gasteiger partial charge in [-0.3, -0.25) is 14.5 Å². The topological polar surface area (TPSA) is 98.3 Å². The van der Waals surface area contributed by atoms with Gasteiger partial charge >= 0.3 is 0 Å². The van der Waals surface area contributed by atoms with E-state index in [-0.39, 0.29) is 11.5 Å². The summed E-state index contributed by atoms with van der Waals surface area (Å²) in [6.45, 7) is 10.0. The van der Waals surface area contributed by atoms with Crippen LogP contribution >= 0.6 is 0 Å². The Morgan fingerprint density at radius 3 is 2.54 bits per heavy atom. The number of halogens is 2. The van der Waals surface area contributed by atoms with Gasteiger partial charge < -0.3 is 25.2 Å². The molecular weight excluding hydrogens is 594 g/mol. The number of benzene rings is 2. The fourth-order valence-corrected chi connectivity index (χ4v) is 6.46. The monoisotopic (exact) mass is 634 g/mol. The Hall–Kier alpha value is -4.33. The molecule has 3 fully saturated rings. The van der Waals surface area contributed by atoms with E-state index in [9.17, 15) is 13.6 Å². The number of nitrogens with one attached hydrogen (secondary N) is 2. The molecule has 3 aromatic rings. The first-order chi connectivity index (χ1) is 22.3. The maximum absolute atomic E-state index is 14.6. The first-order valence-corrected chi connectivity index (χ1v) is 15.6. The molecule has 46 heavy (non-hydrogen) atoms. The van der Waals surface area contributed by atoms with Gasteiger partial charge in [-0.2, -0.15) is 0 Å². The molecule has 4 heterocycles. The lowest BCUT2D eigenvalue weighted by Crippen LogP contribution is -2.52. The van der Waals surface area contributed by atoms with Gasteiger partial charge in [-0.15, -0.1) is 0 Å².